The Kier molecular flexibility index (Phi) is 6.41. The van der Waals surface area contributed by atoms with Gasteiger partial charge in [-0.3, -0.25) is 19.5 Å². The molecule has 37 heavy (non-hydrogen) atoms. The van der Waals surface area contributed by atoms with E-state index in [1.807, 2.05) is 23.9 Å². The second-order valence-corrected chi connectivity index (χ2v) is 9.40. The number of amides is 2. The number of halogens is 1. The van der Waals surface area contributed by atoms with Gasteiger partial charge in [0.1, 0.15) is 17.5 Å². The quantitative estimate of drug-likeness (QED) is 0.292. The number of rotatable bonds is 7. The third-order valence-corrected chi connectivity index (χ3v) is 6.98. The summed E-state index contributed by atoms with van der Waals surface area (Å²) in [6, 6.07) is 16.4. The summed E-state index contributed by atoms with van der Waals surface area (Å²) in [5.74, 6) is -1.90. The number of imidazole rings is 1. The summed E-state index contributed by atoms with van der Waals surface area (Å²) >= 11 is 1.45. The molecule has 0 aliphatic carbocycles. The second kappa shape index (κ2) is 9.82. The Hall–Kier alpha value is -4.57. The topological polar surface area (TPSA) is 103 Å². The number of anilines is 2. The average molecular weight is 516 g/mol. The number of primary amides is 1. The van der Waals surface area contributed by atoms with Crippen LogP contribution in [-0.4, -0.2) is 26.3 Å². The van der Waals surface area contributed by atoms with Crippen LogP contribution in [0.3, 0.4) is 0 Å². The molecule has 10 heteroatoms. The van der Waals surface area contributed by atoms with E-state index in [4.69, 9.17) is 10.5 Å². The van der Waals surface area contributed by atoms with Crippen molar-refractivity contribution in [2.45, 2.75) is 6.92 Å². The smallest absolute Gasteiger partial charge is 0.243 e. The summed E-state index contributed by atoms with van der Waals surface area (Å²) < 4.78 is 24.0. The van der Waals surface area contributed by atoms with Gasteiger partial charge < -0.3 is 15.0 Å². The Morgan fingerprint density at radius 1 is 1.03 bits per heavy atom. The number of pyridine rings is 1. The number of nitrogens with zero attached hydrogens (tertiary/aromatic N) is 4. The first-order chi connectivity index (χ1) is 17.8. The zero-order valence-corrected chi connectivity index (χ0v) is 20.8. The standard InChI is InChI=1S/C27H22FN5O3S/c1-16(25(29)34)27(35)33(17-6-4-3-5-7-17)18-8-9-21(19(28)14-18)36-22-10-11-30-20-15-23(37-24(20)22)26-31-12-13-32(26)2/h3-16H,1-2H3,(H2,29,34). The van der Waals surface area contributed by atoms with Gasteiger partial charge in [-0.15, -0.1) is 11.3 Å². The van der Waals surface area contributed by atoms with Crippen LogP contribution in [0.25, 0.3) is 20.9 Å². The Morgan fingerprint density at radius 3 is 2.49 bits per heavy atom. The van der Waals surface area contributed by atoms with Gasteiger partial charge in [-0.25, -0.2) is 9.37 Å². The number of aryl methyl sites for hydroxylation is 1. The predicted molar refractivity (Wildman–Crippen MR) is 140 cm³/mol. The lowest BCUT2D eigenvalue weighted by Gasteiger charge is -2.25. The first-order valence-electron chi connectivity index (χ1n) is 11.4. The van der Waals surface area contributed by atoms with E-state index in [-0.39, 0.29) is 11.4 Å². The number of nitrogens with two attached hydrogens (primary N) is 1. The lowest BCUT2D eigenvalue weighted by atomic mass is 10.1. The summed E-state index contributed by atoms with van der Waals surface area (Å²) in [5, 5.41) is 0. The maximum absolute atomic E-state index is 15.3. The van der Waals surface area contributed by atoms with Crippen LogP contribution in [0, 0.1) is 11.7 Å². The number of hydrogen-bond donors (Lipinski definition) is 1. The molecule has 0 bridgehead atoms. The van der Waals surface area contributed by atoms with Gasteiger partial charge in [-0.2, -0.15) is 0 Å². The van der Waals surface area contributed by atoms with Crippen molar-refractivity contribution in [1.82, 2.24) is 14.5 Å². The minimum atomic E-state index is -1.10. The molecule has 8 nitrogen and oxygen atoms in total. The van der Waals surface area contributed by atoms with Crippen LogP contribution in [0.15, 0.2) is 79.3 Å². The Balaban J connectivity index is 1.49. The van der Waals surface area contributed by atoms with Crippen LogP contribution in [0.5, 0.6) is 11.5 Å². The second-order valence-electron chi connectivity index (χ2n) is 8.35. The number of carbonyl (C=O) groups excluding carboxylic acids is 2. The third kappa shape index (κ3) is 4.66. The molecule has 2 amide bonds. The number of thiophene rings is 1. The van der Waals surface area contributed by atoms with Crippen LogP contribution in [0.1, 0.15) is 6.92 Å². The van der Waals surface area contributed by atoms with Crippen LogP contribution >= 0.6 is 11.3 Å². The fourth-order valence-electron chi connectivity index (χ4n) is 3.83. The Labute approximate surface area is 215 Å². The summed E-state index contributed by atoms with van der Waals surface area (Å²) in [7, 11) is 1.90. The zero-order valence-electron chi connectivity index (χ0n) is 20.0. The normalized spacial score (nSPS) is 11.9. The number of para-hydroxylation sites is 1. The average Bonchev–Trinajstić information content (AvgIpc) is 3.52. The third-order valence-electron chi connectivity index (χ3n) is 5.84. The van der Waals surface area contributed by atoms with Crippen LogP contribution in [-0.2, 0) is 16.6 Å². The van der Waals surface area contributed by atoms with E-state index < -0.39 is 23.5 Å². The van der Waals surface area contributed by atoms with Crippen molar-refractivity contribution >= 4 is 44.7 Å². The van der Waals surface area contributed by atoms with E-state index in [1.54, 1.807) is 54.9 Å². The summed E-state index contributed by atoms with van der Waals surface area (Å²) in [5.41, 5.74) is 6.79. The highest BCUT2D eigenvalue weighted by Crippen LogP contribution is 2.40. The van der Waals surface area contributed by atoms with Crippen molar-refractivity contribution in [3.63, 3.8) is 0 Å². The van der Waals surface area contributed by atoms with Crippen molar-refractivity contribution in [1.29, 1.82) is 0 Å². The molecule has 0 aliphatic rings. The maximum atomic E-state index is 15.3. The minimum Gasteiger partial charge on any atom is -0.453 e. The number of fused-ring (bicyclic) bond motifs is 1. The number of ether oxygens (including phenoxy) is 1. The lowest BCUT2D eigenvalue weighted by Crippen LogP contribution is -2.38. The molecule has 1 unspecified atom stereocenters. The van der Waals surface area contributed by atoms with Gasteiger partial charge in [-0.1, -0.05) is 18.2 Å². The van der Waals surface area contributed by atoms with E-state index in [0.29, 0.717) is 17.0 Å². The molecule has 0 aliphatic heterocycles. The van der Waals surface area contributed by atoms with Gasteiger partial charge in [0.25, 0.3) is 0 Å². The van der Waals surface area contributed by atoms with Crippen molar-refractivity contribution in [2.24, 2.45) is 18.7 Å². The van der Waals surface area contributed by atoms with E-state index in [1.165, 1.54) is 35.3 Å². The first kappa shape index (κ1) is 24.1. The molecule has 0 radical (unpaired) electrons. The molecule has 1 atom stereocenters. The van der Waals surface area contributed by atoms with Gasteiger partial charge >= 0.3 is 0 Å². The summed E-state index contributed by atoms with van der Waals surface area (Å²) in [4.78, 5) is 35.8. The van der Waals surface area contributed by atoms with Crippen LogP contribution in [0.2, 0.25) is 0 Å². The molecular weight excluding hydrogens is 493 g/mol. The molecule has 5 rings (SSSR count). The van der Waals surface area contributed by atoms with E-state index in [9.17, 15) is 9.59 Å². The summed E-state index contributed by atoms with van der Waals surface area (Å²) in [6.07, 6.45) is 5.17. The highest BCUT2D eigenvalue weighted by Gasteiger charge is 2.28. The summed E-state index contributed by atoms with van der Waals surface area (Å²) in [6.45, 7) is 1.42. The van der Waals surface area contributed by atoms with Crippen molar-refractivity contribution in [3.05, 3.63) is 85.1 Å². The molecule has 5 aromatic rings. The molecule has 0 saturated carbocycles. The molecule has 2 N–H and O–H groups in total. The van der Waals surface area contributed by atoms with Gasteiger partial charge in [0.15, 0.2) is 11.6 Å². The molecule has 0 saturated heterocycles. The lowest BCUT2D eigenvalue weighted by molar-refractivity contribution is -0.130. The van der Waals surface area contributed by atoms with Gasteiger partial charge in [0.2, 0.25) is 11.8 Å². The highest BCUT2D eigenvalue weighted by molar-refractivity contribution is 7.22. The van der Waals surface area contributed by atoms with Crippen LogP contribution < -0.4 is 15.4 Å². The number of aromatic nitrogens is 3. The number of carbonyl (C=O) groups is 2. The van der Waals surface area contributed by atoms with Crippen molar-refractivity contribution < 1.29 is 18.7 Å². The highest BCUT2D eigenvalue weighted by atomic mass is 32.1. The first-order valence-corrected chi connectivity index (χ1v) is 12.2. The van der Waals surface area contributed by atoms with Crippen molar-refractivity contribution in [2.75, 3.05) is 4.90 Å². The molecule has 3 aromatic heterocycles. The van der Waals surface area contributed by atoms with Gasteiger partial charge in [0, 0.05) is 43.5 Å². The SMILES string of the molecule is CC(C(N)=O)C(=O)N(c1ccccc1)c1ccc(Oc2ccnc3cc(-c4nccn4C)sc23)c(F)c1. The van der Waals surface area contributed by atoms with Crippen molar-refractivity contribution in [3.8, 4) is 22.2 Å². The molecule has 186 valence electrons. The largest absolute Gasteiger partial charge is 0.453 e. The molecular formula is C27H22FN5O3S. The number of hydrogen-bond acceptors (Lipinski definition) is 6. The molecule has 2 aromatic carbocycles. The molecule has 3 heterocycles. The fourth-order valence-corrected chi connectivity index (χ4v) is 4.94. The zero-order chi connectivity index (χ0) is 26.1. The van der Waals surface area contributed by atoms with E-state index >= 15 is 4.39 Å². The van der Waals surface area contributed by atoms with Crippen LogP contribution in [0.4, 0.5) is 15.8 Å². The number of benzene rings is 2. The Morgan fingerprint density at radius 2 is 1.81 bits per heavy atom. The van der Waals surface area contributed by atoms with Gasteiger partial charge in [0.05, 0.1) is 20.8 Å². The maximum Gasteiger partial charge on any atom is 0.243 e. The van der Waals surface area contributed by atoms with Gasteiger partial charge in [-0.05, 0) is 37.3 Å². The molecule has 0 spiro atoms. The Bertz CT molecular complexity index is 1620. The predicted octanol–water partition coefficient (Wildman–Crippen LogP) is 5.41. The van der Waals surface area contributed by atoms with E-state index in [0.717, 1.165) is 15.4 Å². The fraction of sp³-hybridized carbons (Fsp3) is 0.111. The monoisotopic (exact) mass is 515 g/mol. The van der Waals surface area contributed by atoms with E-state index in [2.05, 4.69) is 9.97 Å². The minimum absolute atomic E-state index is 0.0217. The molecule has 0 fully saturated rings.